The van der Waals surface area contributed by atoms with Crippen LogP contribution in [-0.2, 0) is 0 Å². The second-order valence-corrected chi connectivity index (χ2v) is 9.41. The number of rotatable bonds is 6. The molecular weight excluding hydrogens is 412 g/mol. The highest BCUT2D eigenvalue weighted by Gasteiger charge is 2.33. The Morgan fingerprint density at radius 1 is 0.939 bits per heavy atom. The van der Waals surface area contributed by atoms with Gasteiger partial charge in [0.2, 0.25) is 0 Å². The van der Waals surface area contributed by atoms with Gasteiger partial charge in [0.1, 0.15) is 5.75 Å². The molecule has 7 nitrogen and oxygen atoms in total. The summed E-state index contributed by atoms with van der Waals surface area (Å²) < 4.78 is 7.52. The van der Waals surface area contributed by atoms with Crippen molar-refractivity contribution >= 4 is 5.69 Å². The van der Waals surface area contributed by atoms with Crippen LogP contribution in [0.3, 0.4) is 0 Å². The van der Waals surface area contributed by atoms with Gasteiger partial charge >= 0.3 is 0 Å². The number of benzene rings is 2. The molecule has 1 saturated carbocycles. The average Bonchev–Trinajstić information content (AvgIpc) is 3.54. The van der Waals surface area contributed by atoms with E-state index in [-0.39, 0.29) is 6.04 Å². The molecule has 2 heterocycles. The van der Waals surface area contributed by atoms with Crippen molar-refractivity contribution in [3.63, 3.8) is 0 Å². The van der Waals surface area contributed by atoms with E-state index in [2.05, 4.69) is 74.2 Å². The average molecular weight is 447 g/mol. The summed E-state index contributed by atoms with van der Waals surface area (Å²) in [7, 11) is 1.71. The third-order valence-corrected chi connectivity index (χ3v) is 7.25. The number of aryl methyl sites for hydroxylation is 2. The number of aromatic nitrogens is 4. The van der Waals surface area contributed by atoms with Gasteiger partial charge < -0.3 is 9.64 Å². The molecule has 1 saturated heterocycles. The van der Waals surface area contributed by atoms with Gasteiger partial charge in [0.25, 0.3) is 0 Å². The van der Waals surface area contributed by atoms with Crippen LogP contribution in [0.5, 0.6) is 5.75 Å². The van der Waals surface area contributed by atoms with Gasteiger partial charge in [-0.1, -0.05) is 37.1 Å². The van der Waals surface area contributed by atoms with E-state index in [1.807, 2.05) is 12.1 Å². The molecule has 0 N–H and O–H groups in total. The largest absolute Gasteiger partial charge is 0.497 e. The molecule has 1 aliphatic heterocycles. The van der Waals surface area contributed by atoms with Crippen molar-refractivity contribution in [2.75, 3.05) is 38.2 Å². The fraction of sp³-hybridized carbons (Fsp3) is 0.500. The molecule has 1 atom stereocenters. The van der Waals surface area contributed by atoms with Crippen molar-refractivity contribution in [3.05, 3.63) is 65.0 Å². The molecule has 174 valence electrons. The first kappa shape index (κ1) is 21.9. The number of nitrogens with zero attached hydrogens (tertiary/aromatic N) is 6. The van der Waals surface area contributed by atoms with E-state index >= 15 is 0 Å². The number of anilines is 1. The molecule has 33 heavy (non-hydrogen) atoms. The molecule has 0 spiro atoms. The third-order valence-electron chi connectivity index (χ3n) is 7.25. The molecule has 2 aliphatic rings. The quantitative estimate of drug-likeness (QED) is 0.562. The lowest BCUT2D eigenvalue weighted by molar-refractivity contribution is 0.197. The molecule has 0 bridgehead atoms. The Morgan fingerprint density at radius 2 is 1.67 bits per heavy atom. The van der Waals surface area contributed by atoms with Crippen molar-refractivity contribution in [2.24, 2.45) is 0 Å². The molecule has 1 unspecified atom stereocenters. The fourth-order valence-electron chi connectivity index (χ4n) is 5.38. The second kappa shape index (κ2) is 9.51. The number of tetrazole rings is 1. The Kier molecular flexibility index (Phi) is 6.31. The van der Waals surface area contributed by atoms with Crippen LogP contribution in [0, 0.1) is 13.8 Å². The zero-order valence-corrected chi connectivity index (χ0v) is 19.9. The Bertz CT molecular complexity index is 1060. The van der Waals surface area contributed by atoms with E-state index in [4.69, 9.17) is 4.74 Å². The van der Waals surface area contributed by atoms with Gasteiger partial charge in [0.15, 0.2) is 5.82 Å². The van der Waals surface area contributed by atoms with E-state index in [1.54, 1.807) is 7.11 Å². The van der Waals surface area contributed by atoms with Crippen LogP contribution in [0.2, 0.25) is 0 Å². The lowest BCUT2D eigenvalue weighted by Gasteiger charge is -2.40. The molecule has 3 aromatic rings. The maximum absolute atomic E-state index is 5.41. The first-order chi connectivity index (χ1) is 16.1. The van der Waals surface area contributed by atoms with Crippen molar-refractivity contribution in [2.45, 2.75) is 51.6 Å². The molecule has 1 aliphatic carbocycles. The van der Waals surface area contributed by atoms with Crippen molar-refractivity contribution < 1.29 is 4.74 Å². The van der Waals surface area contributed by atoms with Gasteiger partial charge in [-0.2, -0.15) is 0 Å². The van der Waals surface area contributed by atoms with Crippen LogP contribution in [0.1, 0.15) is 60.3 Å². The van der Waals surface area contributed by atoms with E-state index < -0.39 is 0 Å². The smallest absolute Gasteiger partial charge is 0.173 e. The van der Waals surface area contributed by atoms with Gasteiger partial charge in [-0.05, 0) is 72.0 Å². The molecular formula is C26H34N6O. The normalized spacial score (nSPS) is 18.6. The lowest BCUT2D eigenvalue weighted by atomic mass is 10.0. The highest BCUT2D eigenvalue weighted by atomic mass is 16.5. The standard InChI is InChI=1S/C26H34N6O/c1-19-8-9-20(2)24(18-19)30-14-16-31(17-15-30)25(21-10-12-23(33-3)13-11-21)26-27-28-29-32(26)22-6-4-5-7-22/h8-13,18,22,25H,4-7,14-17H2,1-3H3. The number of hydrogen-bond acceptors (Lipinski definition) is 6. The minimum atomic E-state index is 0.0345. The zero-order valence-electron chi connectivity index (χ0n) is 19.9. The maximum atomic E-state index is 5.41. The summed E-state index contributed by atoms with van der Waals surface area (Å²) in [6, 6.07) is 15.6. The van der Waals surface area contributed by atoms with Crippen LogP contribution >= 0.6 is 0 Å². The minimum absolute atomic E-state index is 0.0345. The summed E-state index contributed by atoms with van der Waals surface area (Å²) in [4.78, 5) is 5.06. The van der Waals surface area contributed by atoms with E-state index in [1.165, 1.54) is 35.2 Å². The monoisotopic (exact) mass is 446 g/mol. The molecule has 2 aromatic carbocycles. The van der Waals surface area contributed by atoms with Crippen LogP contribution < -0.4 is 9.64 Å². The molecule has 2 fully saturated rings. The van der Waals surface area contributed by atoms with Gasteiger partial charge in [0.05, 0.1) is 19.2 Å². The highest BCUT2D eigenvalue weighted by molar-refractivity contribution is 5.55. The topological polar surface area (TPSA) is 59.3 Å². The van der Waals surface area contributed by atoms with Gasteiger partial charge in [-0.25, -0.2) is 4.68 Å². The Hall–Kier alpha value is -2.93. The summed E-state index contributed by atoms with van der Waals surface area (Å²) >= 11 is 0. The number of methoxy groups -OCH3 is 1. The summed E-state index contributed by atoms with van der Waals surface area (Å²) in [5, 5.41) is 13.2. The van der Waals surface area contributed by atoms with Crippen molar-refractivity contribution in [1.82, 2.24) is 25.1 Å². The number of ether oxygens (including phenoxy) is 1. The highest BCUT2D eigenvalue weighted by Crippen LogP contribution is 2.35. The molecule has 0 radical (unpaired) electrons. The number of piperazine rings is 1. The summed E-state index contributed by atoms with van der Waals surface area (Å²) in [6.07, 6.45) is 4.83. The van der Waals surface area contributed by atoms with E-state index in [9.17, 15) is 0 Å². The summed E-state index contributed by atoms with van der Waals surface area (Å²) in [5.41, 5.74) is 5.22. The van der Waals surface area contributed by atoms with Crippen LogP contribution in [-0.4, -0.2) is 58.4 Å². The summed E-state index contributed by atoms with van der Waals surface area (Å²) in [5.74, 6) is 1.83. The Labute approximate surface area is 196 Å². The van der Waals surface area contributed by atoms with Gasteiger partial charge in [-0.15, -0.1) is 5.10 Å². The van der Waals surface area contributed by atoms with Crippen LogP contribution in [0.25, 0.3) is 0 Å². The van der Waals surface area contributed by atoms with Gasteiger partial charge in [-0.3, -0.25) is 4.90 Å². The van der Waals surface area contributed by atoms with Crippen LogP contribution in [0.4, 0.5) is 5.69 Å². The first-order valence-corrected chi connectivity index (χ1v) is 12.1. The predicted molar refractivity (Wildman–Crippen MR) is 130 cm³/mol. The van der Waals surface area contributed by atoms with E-state index in [0.29, 0.717) is 6.04 Å². The Morgan fingerprint density at radius 3 is 2.36 bits per heavy atom. The molecule has 5 rings (SSSR count). The first-order valence-electron chi connectivity index (χ1n) is 12.1. The lowest BCUT2D eigenvalue weighted by Crippen LogP contribution is -2.48. The van der Waals surface area contributed by atoms with Gasteiger partial charge in [0, 0.05) is 31.9 Å². The Balaban J connectivity index is 1.43. The molecule has 7 heteroatoms. The van der Waals surface area contributed by atoms with Crippen molar-refractivity contribution in [3.8, 4) is 5.75 Å². The molecule has 1 aromatic heterocycles. The van der Waals surface area contributed by atoms with Crippen LogP contribution in [0.15, 0.2) is 42.5 Å². The minimum Gasteiger partial charge on any atom is -0.497 e. The molecule has 0 amide bonds. The summed E-state index contributed by atoms with van der Waals surface area (Å²) in [6.45, 7) is 8.27. The van der Waals surface area contributed by atoms with E-state index in [0.717, 1.165) is 50.6 Å². The number of hydrogen-bond donors (Lipinski definition) is 0. The maximum Gasteiger partial charge on any atom is 0.173 e. The van der Waals surface area contributed by atoms with Crippen molar-refractivity contribution in [1.29, 1.82) is 0 Å². The SMILES string of the molecule is COc1ccc(C(c2nnnn2C2CCCC2)N2CCN(c3cc(C)ccc3C)CC2)cc1. The third kappa shape index (κ3) is 4.47. The fourth-order valence-corrected chi connectivity index (χ4v) is 5.38. The zero-order chi connectivity index (χ0) is 22.8. The predicted octanol–water partition coefficient (Wildman–Crippen LogP) is 4.33. The second-order valence-electron chi connectivity index (χ2n) is 9.41.